The molecule has 190 valence electrons. The Labute approximate surface area is 210 Å². The van der Waals surface area contributed by atoms with Gasteiger partial charge in [-0.1, -0.05) is 17.7 Å². The smallest absolute Gasteiger partial charge is 0.324 e. The fourth-order valence-corrected chi connectivity index (χ4v) is 6.31. The third kappa shape index (κ3) is 5.42. The van der Waals surface area contributed by atoms with E-state index >= 15 is 0 Å². The van der Waals surface area contributed by atoms with Crippen LogP contribution in [0.1, 0.15) is 23.1 Å². The number of carboxylic acids is 1. The van der Waals surface area contributed by atoms with E-state index in [4.69, 9.17) is 0 Å². The molecule has 2 heterocycles. The highest BCUT2D eigenvalue weighted by atomic mass is 32.2. The van der Waals surface area contributed by atoms with Gasteiger partial charge in [0, 0.05) is 25.0 Å². The van der Waals surface area contributed by atoms with Crippen LogP contribution in [0.15, 0.2) is 53.6 Å². The van der Waals surface area contributed by atoms with Crippen LogP contribution >= 0.6 is 0 Å². The van der Waals surface area contributed by atoms with E-state index in [9.17, 15) is 23.4 Å². The molecule has 4 rings (SSSR count). The number of carboxylic acid groups (broad SMARTS) is 1. The molecule has 3 N–H and O–H groups in total. The van der Waals surface area contributed by atoms with Crippen LogP contribution in [-0.4, -0.2) is 60.3 Å². The number of nitrogens with one attached hydrogen (secondary N) is 1. The maximum Gasteiger partial charge on any atom is 0.324 e. The van der Waals surface area contributed by atoms with Gasteiger partial charge in [-0.3, -0.25) is 9.10 Å². The summed E-state index contributed by atoms with van der Waals surface area (Å²) in [5, 5.41) is 22.4. The van der Waals surface area contributed by atoms with E-state index in [2.05, 4.69) is 15.3 Å². The van der Waals surface area contributed by atoms with E-state index in [1.165, 1.54) is 0 Å². The van der Waals surface area contributed by atoms with Gasteiger partial charge in [0.25, 0.3) is 10.0 Å². The number of aliphatic hydroxyl groups excluding tert-OH is 1. The molecule has 0 radical (unpaired) electrons. The molecule has 0 saturated carbocycles. The number of rotatable bonds is 8. The summed E-state index contributed by atoms with van der Waals surface area (Å²) < 4.78 is 28.1. The van der Waals surface area contributed by atoms with Gasteiger partial charge in [0.05, 0.1) is 16.7 Å². The van der Waals surface area contributed by atoms with Crippen molar-refractivity contribution in [3.63, 3.8) is 0 Å². The van der Waals surface area contributed by atoms with Crippen LogP contribution in [-0.2, 0) is 14.8 Å². The van der Waals surface area contributed by atoms with E-state index in [0.717, 1.165) is 9.87 Å². The average molecular weight is 512 g/mol. The van der Waals surface area contributed by atoms with Crippen LogP contribution in [0.5, 0.6) is 0 Å². The van der Waals surface area contributed by atoms with Crippen LogP contribution in [0.3, 0.4) is 0 Å². The summed E-state index contributed by atoms with van der Waals surface area (Å²) >= 11 is 0. The number of hydrogen-bond acceptors (Lipinski definition) is 8. The van der Waals surface area contributed by atoms with Crippen molar-refractivity contribution in [3.8, 4) is 0 Å². The number of hydrogen-bond donors (Lipinski definition) is 3. The molecule has 1 aliphatic heterocycles. The summed E-state index contributed by atoms with van der Waals surface area (Å²) in [6, 6.07) is 11.7. The first-order valence-electron chi connectivity index (χ1n) is 11.5. The van der Waals surface area contributed by atoms with Gasteiger partial charge < -0.3 is 20.4 Å². The largest absolute Gasteiger partial charge is 0.480 e. The van der Waals surface area contributed by atoms with Gasteiger partial charge >= 0.3 is 5.97 Å². The number of carbonyl (C=O) groups is 1. The highest BCUT2D eigenvalue weighted by molar-refractivity contribution is 7.93. The molecule has 0 spiro atoms. The Balaban J connectivity index is 1.60. The second-order valence-corrected chi connectivity index (χ2v) is 10.7. The standard InChI is InChI=1S/C25H29N5O5S/c1-16-12-17(2)24(18(3)13-16)36(34,35)30(15-23(32)33)20-6-4-19(5-7-20)27-22-8-10-26-25(28-22)29-11-9-21(31)14-29/h4-8,10,12-13,21,31H,9,11,14-15H2,1-3H3,(H,32,33)(H,26,27,28). The van der Waals surface area contributed by atoms with E-state index in [0.29, 0.717) is 48.1 Å². The quantitative estimate of drug-likeness (QED) is 0.417. The van der Waals surface area contributed by atoms with Crippen LogP contribution in [0.2, 0.25) is 0 Å². The number of aryl methyl sites for hydroxylation is 3. The van der Waals surface area contributed by atoms with Crippen LogP contribution < -0.4 is 14.5 Å². The van der Waals surface area contributed by atoms with Gasteiger partial charge in [-0.05, 0) is 68.7 Å². The van der Waals surface area contributed by atoms with Gasteiger partial charge in [-0.2, -0.15) is 4.98 Å². The fraction of sp³-hybridized carbons (Fsp3) is 0.320. The molecule has 11 heteroatoms. The van der Waals surface area contributed by atoms with Gasteiger partial charge in [0.15, 0.2) is 0 Å². The average Bonchev–Trinajstić information content (AvgIpc) is 3.23. The van der Waals surface area contributed by atoms with Crippen molar-refractivity contribution in [1.29, 1.82) is 0 Å². The molecule has 1 saturated heterocycles. The lowest BCUT2D eigenvalue weighted by atomic mass is 10.1. The lowest BCUT2D eigenvalue weighted by Crippen LogP contribution is -2.36. The number of aliphatic carboxylic acids is 1. The van der Waals surface area contributed by atoms with Crippen LogP contribution in [0.25, 0.3) is 0 Å². The third-order valence-corrected chi connectivity index (χ3v) is 8.03. The number of anilines is 4. The second-order valence-electron chi connectivity index (χ2n) is 8.94. The first-order valence-corrected chi connectivity index (χ1v) is 12.9. The zero-order valence-electron chi connectivity index (χ0n) is 20.3. The summed E-state index contributed by atoms with van der Waals surface area (Å²) in [7, 11) is -4.13. The number of sulfonamides is 1. The van der Waals surface area contributed by atoms with E-state index in [1.807, 2.05) is 11.8 Å². The van der Waals surface area contributed by atoms with E-state index < -0.39 is 28.6 Å². The molecule has 2 aromatic carbocycles. The maximum absolute atomic E-state index is 13.6. The highest BCUT2D eigenvalue weighted by Gasteiger charge is 2.30. The van der Waals surface area contributed by atoms with E-state index in [1.54, 1.807) is 62.5 Å². The molecule has 0 bridgehead atoms. The maximum atomic E-state index is 13.6. The minimum atomic E-state index is -4.13. The lowest BCUT2D eigenvalue weighted by Gasteiger charge is -2.25. The number of aromatic nitrogens is 2. The second kappa shape index (κ2) is 10.1. The van der Waals surface area contributed by atoms with Crippen molar-refractivity contribution >= 4 is 39.1 Å². The number of nitrogens with zero attached hydrogens (tertiary/aromatic N) is 4. The van der Waals surface area contributed by atoms with Crippen molar-refractivity contribution in [1.82, 2.24) is 9.97 Å². The van der Waals surface area contributed by atoms with Gasteiger partial charge in [0.2, 0.25) is 5.95 Å². The molecule has 1 aliphatic rings. The molecular formula is C25H29N5O5S. The normalized spacial score (nSPS) is 15.7. The summed E-state index contributed by atoms with van der Waals surface area (Å²) in [6.45, 7) is 5.74. The Morgan fingerprint density at radius 2 is 1.81 bits per heavy atom. The summed E-state index contributed by atoms with van der Waals surface area (Å²) in [5.41, 5.74) is 2.92. The fourth-order valence-electron chi connectivity index (χ4n) is 4.47. The number of β-amino-alcohol motifs (C(OH)–C–C–N with tert-alkyl or cyclic N) is 1. The SMILES string of the molecule is Cc1cc(C)c(S(=O)(=O)N(CC(=O)O)c2ccc(Nc3ccnc(N4CCC(O)C4)n3)cc2)c(C)c1. The molecule has 1 atom stereocenters. The van der Waals surface area contributed by atoms with Gasteiger partial charge in [-0.25, -0.2) is 13.4 Å². The molecule has 0 amide bonds. The minimum Gasteiger partial charge on any atom is -0.480 e. The first kappa shape index (κ1) is 25.4. The van der Waals surface area contributed by atoms with Crippen molar-refractivity contribution in [2.45, 2.75) is 38.2 Å². The topological polar surface area (TPSA) is 136 Å². The van der Waals surface area contributed by atoms with Gasteiger partial charge in [0.1, 0.15) is 12.4 Å². The zero-order valence-corrected chi connectivity index (χ0v) is 21.2. The summed E-state index contributed by atoms with van der Waals surface area (Å²) in [6.07, 6.45) is 1.90. The van der Waals surface area contributed by atoms with Gasteiger partial charge in [-0.15, -0.1) is 0 Å². The highest BCUT2D eigenvalue weighted by Crippen LogP contribution is 2.30. The summed E-state index contributed by atoms with van der Waals surface area (Å²) in [4.78, 5) is 22.4. The number of aliphatic hydroxyl groups is 1. The van der Waals surface area contributed by atoms with Crippen molar-refractivity contribution in [2.24, 2.45) is 0 Å². The Bertz CT molecular complexity index is 1350. The monoisotopic (exact) mass is 511 g/mol. The third-order valence-electron chi connectivity index (χ3n) is 5.95. The Morgan fingerprint density at radius 3 is 2.39 bits per heavy atom. The minimum absolute atomic E-state index is 0.108. The predicted octanol–water partition coefficient (Wildman–Crippen LogP) is 3.00. The van der Waals surface area contributed by atoms with E-state index in [-0.39, 0.29) is 10.6 Å². The van der Waals surface area contributed by atoms with Crippen molar-refractivity contribution in [2.75, 3.05) is 34.2 Å². The Kier molecular flexibility index (Phi) is 7.14. The molecule has 1 aromatic heterocycles. The van der Waals surface area contributed by atoms with Crippen molar-refractivity contribution < 1.29 is 23.4 Å². The molecule has 36 heavy (non-hydrogen) atoms. The Morgan fingerprint density at radius 1 is 1.14 bits per heavy atom. The first-order chi connectivity index (χ1) is 17.0. The molecule has 10 nitrogen and oxygen atoms in total. The Hall–Kier alpha value is -3.70. The molecule has 0 aliphatic carbocycles. The van der Waals surface area contributed by atoms with Crippen LogP contribution in [0.4, 0.5) is 23.1 Å². The lowest BCUT2D eigenvalue weighted by molar-refractivity contribution is -0.135. The summed E-state index contributed by atoms with van der Waals surface area (Å²) in [5.74, 6) is -0.213. The number of benzene rings is 2. The molecule has 1 unspecified atom stereocenters. The molecule has 3 aromatic rings. The predicted molar refractivity (Wildman–Crippen MR) is 137 cm³/mol. The molecular weight excluding hydrogens is 482 g/mol. The van der Waals surface area contributed by atoms with Crippen LogP contribution in [0, 0.1) is 20.8 Å². The van der Waals surface area contributed by atoms with Crippen molar-refractivity contribution in [3.05, 3.63) is 65.4 Å². The molecule has 1 fully saturated rings. The zero-order chi connectivity index (χ0) is 26.0.